The van der Waals surface area contributed by atoms with Crippen LogP contribution in [0.15, 0.2) is 24.3 Å². The van der Waals surface area contributed by atoms with Crippen molar-refractivity contribution in [3.05, 3.63) is 35.7 Å². The molecule has 1 aromatic carbocycles. The van der Waals surface area contributed by atoms with Crippen LogP contribution in [0.25, 0.3) is 0 Å². The quantitative estimate of drug-likeness (QED) is 0.856. The van der Waals surface area contributed by atoms with Crippen LogP contribution in [0.1, 0.15) is 24.4 Å². The molecule has 0 bridgehead atoms. The maximum Gasteiger partial charge on any atom is 0.188 e. The zero-order valence-corrected chi connectivity index (χ0v) is 10.8. The zero-order chi connectivity index (χ0) is 13.0. The van der Waals surface area contributed by atoms with Crippen molar-refractivity contribution in [2.45, 2.75) is 19.5 Å². The summed E-state index contributed by atoms with van der Waals surface area (Å²) >= 11 is 0. The predicted octanol–water partition coefficient (Wildman–Crippen LogP) is 1.07. The third-order valence-electron chi connectivity index (χ3n) is 2.72. The van der Waals surface area contributed by atoms with Crippen molar-refractivity contribution in [2.24, 2.45) is 7.05 Å². The van der Waals surface area contributed by atoms with Gasteiger partial charge in [-0.3, -0.25) is 0 Å². The van der Waals surface area contributed by atoms with Gasteiger partial charge in [0.05, 0.1) is 20.7 Å². The number of hydrogen-bond donors (Lipinski definition) is 1. The van der Waals surface area contributed by atoms with Gasteiger partial charge in [0.1, 0.15) is 5.75 Å². The Morgan fingerprint density at radius 1 is 1.39 bits per heavy atom. The Labute approximate surface area is 106 Å². The van der Waals surface area contributed by atoms with E-state index in [0.717, 1.165) is 11.3 Å². The first-order chi connectivity index (χ1) is 8.70. The molecule has 1 atom stereocenters. The molecule has 18 heavy (non-hydrogen) atoms. The van der Waals surface area contributed by atoms with E-state index in [1.165, 1.54) is 4.80 Å². The van der Waals surface area contributed by atoms with E-state index in [1.54, 1.807) is 14.2 Å². The van der Waals surface area contributed by atoms with Gasteiger partial charge in [0.2, 0.25) is 0 Å². The number of para-hydroxylation sites is 1. The second-order valence-corrected chi connectivity index (χ2v) is 4.04. The van der Waals surface area contributed by atoms with Crippen LogP contribution in [0.5, 0.6) is 5.75 Å². The Morgan fingerprint density at radius 2 is 2.17 bits per heavy atom. The van der Waals surface area contributed by atoms with E-state index in [-0.39, 0.29) is 6.04 Å². The minimum Gasteiger partial charge on any atom is -0.496 e. The summed E-state index contributed by atoms with van der Waals surface area (Å²) in [6.45, 7) is 2.65. The lowest BCUT2D eigenvalue weighted by molar-refractivity contribution is 0.401. The number of ether oxygens (including phenoxy) is 1. The summed E-state index contributed by atoms with van der Waals surface area (Å²) in [5.41, 5.74) is 1.11. The maximum atomic E-state index is 5.33. The van der Waals surface area contributed by atoms with Gasteiger partial charge >= 0.3 is 0 Å². The van der Waals surface area contributed by atoms with Crippen molar-refractivity contribution in [3.8, 4) is 5.75 Å². The van der Waals surface area contributed by atoms with Gasteiger partial charge in [0, 0.05) is 11.6 Å². The molecule has 0 unspecified atom stereocenters. The molecule has 1 aromatic heterocycles. The fourth-order valence-corrected chi connectivity index (χ4v) is 1.77. The molecule has 0 aliphatic heterocycles. The number of hydrogen-bond acceptors (Lipinski definition) is 5. The summed E-state index contributed by atoms with van der Waals surface area (Å²) in [7, 11) is 3.43. The van der Waals surface area contributed by atoms with Crippen LogP contribution in [0, 0.1) is 0 Å². The number of methoxy groups -OCH3 is 1. The molecule has 2 rings (SSSR count). The Kier molecular flexibility index (Phi) is 3.88. The minimum atomic E-state index is 0.157. The number of nitrogens with one attached hydrogen (secondary N) is 1. The minimum absolute atomic E-state index is 0.157. The SMILES string of the molecule is COc1ccccc1[C@H](C)NCc1nnn(C)n1. The van der Waals surface area contributed by atoms with Gasteiger partial charge in [0.25, 0.3) is 0 Å². The van der Waals surface area contributed by atoms with Crippen LogP contribution >= 0.6 is 0 Å². The number of aryl methyl sites for hydroxylation is 1. The van der Waals surface area contributed by atoms with Crippen LogP contribution in [0.4, 0.5) is 0 Å². The molecule has 0 radical (unpaired) electrons. The standard InChI is InChI=1S/C12H17N5O/c1-9(10-6-4-5-7-11(10)18-3)13-8-12-14-16-17(2)15-12/h4-7,9,13H,8H2,1-3H3/t9-/m0/s1. The fourth-order valence-electron chi connectivity index (χ4n) is 1.77. The van der Waals surface area contributed by atoms with E-state index in [1.807, 2.05) is 24.3 Å². The summed E-state index contributed by atoms with van der Waals surface area (Å²) in [5, 5.41) is 15.2. The first-order valence-corrected chi connectivity index (χ1v) is 5.80. The van der Waals surface area contributed by atoms with Crippen molar-refractivity contribution < 1.29 is 4.74 Å². The Hall–Kier alpha value is -1.95. The highest BCUT2D eigenvalue weighted by Gasteiger charge is 2.11. The van der Waals surface area contributed by atoms with Gasteiger partial charge in [-0.1, -0.05) is 18.2 Å². The number of nitrogens with zero attached hydrogens (tertiary/aromatic N) is 4. The molecule has 0 amide bonds. The molecule has 0 aliphatic rings. The lowest BCUT2D eigenvalue weighted by Gasteiger charge is -2.16. The highest BCUT2D eigenvalue weighted by atomic mass is 16.5. The van der Waals surface area contributed by atoms with Gasteiger partial charge in [-0.15, -0.1) is 10.2 Å². The average molecular weight is 247 g/mol. The highest BCUT2D eigenvalue weighted by molar-refractivity contribution is 5.35. The number of aromatic nitrogens is 4. The Balaban J connectivity index is 2.01. The molecule has 6 nitrogen and oxygen atoms in total. The third kappa shape index (κ3) is 2.84. The second-order valence-electron chi connectivity index (χ2n) is 4.04. The van der Waals surface area contributed by atoms with Gasteiger partial charge in [0.15, 0.2) is 5.82 Å². The average Bonchev–Trinajstić information content (AvgIpc) is 2.81. The normalized spacial score (nSPS) is 12.4. The number of benzene rings is 1. The number of tetrazole rings is 1. The molecule has 2 aromatic rings. The lowest BCUT2D eigenvalue weighted by Crippen LogP contribution is -2.19. The molecule has 0 saturated carbocycles. The third-order valence-corrected chi connectivity index (χ3v) is 2.72. The van der Waals surface area contributed by atoms with Crippen LogP contribution < -0.4 is 10.1 Å². The van der Waals surface area contributed by atoms with E-state index in [2.05, 4.69) is 27.7 Å². The van der Waals surface area contributed by atoms with Crippen LogP contribution in [-0.2, 0) is 13.6 Å². The fraction of sp³-hybridized carbons (Fsp3) is 0.417. The van der Waals surface area contributed by atoms with E-state index in [0.29, 0.717) is 12.4 Å². The van der Waals surface area contributed by atoms with Crippen molar-refractivity contribution in [2.75, 3.05) is 7.11 Å². The summed E-state index contributed by atoms with van der Waals surface area (Å²) in [6.07, 6.45) is 0. The molecule has 1 heterocycles. The van der Waals surface area contributed by atoms with E-state index < -0.39 is 0 Å². The van der Waals surface area contributed by atoms with Crippen LogP contribution in [-0.4, -0.2) is 27.3 Å². The maximum absolute atomic E-state index is 5.33. The molecule has 0 fully saturated rings. The molecule has 0 saturated heterocycles. The molecule has 0 spiro atoms. The first kappa shape index (κ1) is 12.5. The van der Waals surface area contributed by atoms with Gasteiger partial charge in [-0.2, -0.15) is 4.80 Å². The summed E-state index contributed by atoms with van der Waals surface area (Å²) in [4.78, 5) is 1.45. The lowest BCUT2D eigenvalue weighted by atomic mass is 10.1. The second kappa shape index (κ2) is 5.59. The summed E-state index contributed by atoms with van der Waals surface area (Å²) in [5.74, 6) is 1.56. The topological polar surface area (TPSA) is 64.9 Å². The van der Waals surface area contributed by atoms with Crippen LogP contribution in [0.3, 0.4) is 0 Å². The zero-order valence-electron chi connectivity index (χ0n) is 10.8. The van der Waals surface area contributed by atoms with Crippen LogP contribution in [0.2, 0.25) is 0 Å². The van der Waals surface area contributed by atoms with E-state index in [9.17, 15) is 0 Å². The van der Waals surface area contributed by atoms with Gasteiger partial charge in [-0.05, 0) is 18.2 Å². The van der Waals surface area contributed by atoms with Gasteiger partial charge < -0.3 is 10.1 Å². The molecule has 6 heteroatoms. The van der Waals surface area contributed by atoms with Crippen molar-refractivity contribution in [1.29, 1.82) is 0 Å². The monoisotopic (exact) mass is 247 g/mol. The number of rotatable bonds is 5. The molecular formula is C12H17N5O. The first-order valence-electron chi connectivity index (χ1n) is 5.80. The Bertz CT molecular complexity index is 511. The largest absolute Gasteiger partial charge is 0.496 e. The summed E-state index contributed by atoms with van der Waals surface area (Å²) < 4.78 is 5.33. The molecule has 96 valence electrons. The van der Waals surface area contributed by atoms with E-state index >= 15 is 0 Å². The van der Waals surface area contributed by atoms with Crippen molar-refractivity contribution in [3.63, 3.8) is 0 Å². The summed E-state index contributed by atoms with van der Waals surface area (Å²) in [6, 6.07) is 8.11. The Morgan fingerprint density at radius 3 is 2.83 bits per heavy atom. The molecule has 0 aliphatic carbocycles. The molecule has 1 N–H and O–H groups in total. The van der Waals surface area contributed by atoms with E-state index in [4.69, 9.17) is 4.74 Å². The molecular weight excluding hydrogens is 230 g/mol. The van der Waals surface area contributed by atoms with Gasteiger partial charge in [-0.25, -0.2) is 0 Å². The smallest absolute Gasteiger partial charge is 0.188 e. The highest BCUT2D eigenvalue weighted by Crippen LogP contribution is 2.24. The predicted molar refractivity (Wildman–Crippen MR) is 67.0 cm³/mol. The van der Waals surface area contributed by atoms with Crippen molar-refractivity contribution in [1.82, 2.24) is 25.5 Å². The van der Waals surface area contributed by atoms with Crippen molar-refractivity contribution >= 4 is 0 Å².